The van der Waals surface area contributed by atoms with Crippen molar-refractivity contribution >= 4 is 0 Å². The quantitative estimate of drug-likeness (QED) is 0.505. The van der Waals surface area contributed by atoms with Gasteiger partial charge in [-0.15, -0.1) is 0 Å². The van der Waals surface area contributed by atoms with Crippen LogP contribution >= 0.6 is 0 Å². The second kappa shape index (κ2) is 7.87. The summed E-state index contributed by atoms with van der Waals surface area (Å²) in [4.78, 5) is 0. The fourth-order valence-electron chi connectivity index (χ4n) is 1.06. The zero-order valence-corrected chi connectivity index (χ0v) is 11.8. The summed E-state index contributed by atoms with van der Waals surface area (Å²) in [5.74, 6) is 0.986. The minimum Gasteiger partial charge on any atom is -0.358 e. The van der Waals surface area contributed by atoms with Gasteiger partial charge >= 0.3 is 58.2 Å². The van der Waals surface area contributed by atoms with E-state index in [1.807, 2.05) is 0 Å². The van der Waals surface area contributed by atoms with Gasteiger partial charge in [0.1, 0.15) is 0 Å². The maximum absolute atomic E-state index is 3.32. The van der Waals surface area contributed by atoms with Crippen LogP contribution in [0.3, 0.4) is 0 Å². The van der Waals surface area contributed by atoms with Crippen molar-refractivity contribution in [1.29, 1.82) is 0 Å². The molecule has 1 aliphatic heterocycles. The molecule has 0 aromatic rings. The molecule has 0 aliphatic carbocycles. The Morgan fingerprint density at radius 1 is 1.56 bits per heavy atom. The largest absolute Gasteiger partial charge is 1.00 e. The summed E-state index contributed by atoms with van der Waals surface area (Å²) in [7, 11) is 0. The second-order valence-electron chi connectivity index (χ2n) is 2.27. The molecule has 1 rings (SSSR count). The molecule has 0 amide bonds. The van der Waals surface area contributed by atoms with Crippen molar-refractivity contribution in [3.05, 3.63) is 7.43 Å². The first-order valence-corrected chi connectivity index (χ1v) is 3.14. The van der Waals surface area contributed by atoms with Gasteiger partial charge in [0, 0.05) is 0 Å². The van der Waals surface area contributed by atoms with Gasteiger partial charge in [-0.25, -0.2) is 0 Å². The van der Waals surface area contributed by atoms with Gasteiger partial charge in [0.15, 0.2) is 0 Å². The number of hydrogen-bond donors (Lipinski definition) is 1. The molecular weight excluding hydrogens is 184 g/mol. The van der Waals surface area contributed by atoms with E-state index in [9.17, 15) is 0 Å². The van der Waals surface area contributed by atoms with Crippen molar-refractivity contribution in [3.63, 3.8) is 0 Å². The van der Waals surface area contributed by atoms with Crippen LogP contribution in [0.4, 0.5) is 0 Å². The zero-order valence-electron chi connectivity index (χ0n) is 6.91. The van der Waals surface area contributed by atoms with E-state index in [1.54, 1.807) is 0 Å². The molecule has 1 unspecified atom stereocenters. The first kappa shape index (κ1) is 13.4. The van der Waals surface area contributed by atoms with Gasteiger partial charge < -0.3 is 12.7 Å². The van der Waals surface area contributed by atoms with E-state index in [0.29, 0.717) is 0 Å². The third kappa shape index (κ3) is 5.08. The van der Waals surface area contributed by atoms with E-state index in [2.05, 4.69) is 12.2 Å². The molecule has 1 fully saturated rings. The Labute approximate surface area is 108 Å². The molecular formula is C7H16NRb. The van der Waals surface area contributed by atoms with Crippen molar-refractivity contribution in [2.75, 3.05) is 13.1 Å². The fourth-order valence-corrected chi connectivity index (χ4v) is 1.06. The van der Waals surface area contributed by atoms with Crippen LogP contribution in [0.25, 0.3) is 0 Å². The summed E-state index contributed by atoms with van der Waals surface area (Å²) < 4.78 is 0. The molecule has 0 bridgehead atoms. The minimum atomic E-state index is 0. The Morgan fingerprint density at radius 2 is 2.22 bits per heavy atom. The van der Waals surface area contributed by atoms with Gasteiger partial charge in [-0.3, -0.25) is 0 Å². The van der Waals surface area contributed by atoms with Crippen molar-refractivity contribution in [1.82, 2.24) is 5.32 Å². The second-order valence-corrected chi connectivity index (χ2v) is 2.27. The van der Waals surface area contributed by atoms with Gasteiger partial charge in [-0.2, -0.15) is 0 Å². The molecule has 0 aromatic heterocycles. The maximum atomic E-state index is 3.32. The van der Waals surface area contributed by atoms with Crippen LogP contribution in [-0.4, -0.2) is 13.1 Å². The standard InChI is InChI=1S/C6H13N.CH3.Rb/c1-2-6-3-4-7-5-6;;/h6-7H,2-5H2,1H3;1H3;/q;-1;+1. The topological polar surface area (TPSA) is 12.0 Å². The van der Waals surface area contributed by atoms with Crippen molar-refractivity contribution < 1.29 is 58.2 Å². The van der Waals surface area contributed by atoms with Gasteiger partial charge in [-0.05, 0) is 25.4 Å². The van der Waals surface area contributed by atoms with Crippen LogP contribution in [0, 0.1) is 13.3 Å². The zero-order chi connectivity index (χ0) is 5.11. The van der Waals surface area contributed by atoms with Crippen LogP contribution in [0.1, 0.15) is 19.8 Å². The Bertz CT molecular complexity index is 50.9. The molecule has 9 heavy (non-hydrogen) atoms. The van der Waals surface area contributed by atoms with Gasteiger partial charge in [0.25, 0.3) is 0 Å². The third-order valence-electron chi connectivity index (χ3n) is 1.74. The van der Waals surface area contributed by atoms with Crippen LogP contribution in [0.15, 0.2) is 0 Å². The van der Waals surface area contributed by atoms with E-state index >= 15 is 0 Å². The summed E-state index contributed by atoms with van der Waals surface area (Å²) in [6.07, 6.45) is 2.75. The first-order chi connectivity index (χ1) is 3.43. The summed E-state index contributed by atoms with van der Waals surface area (Å²) >= 11 is 0. The summed E-state index contributed by atoms with van der Waals surface area (Å²) in [5.41, 5.74) is 0. The fraction of sp³-hybridized carbons (Fsp3) is 0.857. The molecule has 1 aliphatic rings. The average molecular weight is 200 g/mol. The van der Waals surface area contributed by atoms with Crippen molar-refractivity contribution in [2.45, 2.75) is 19.8 Å². The molecule has 1 heterocycles. The van der Waals surface area contributed by atoms with Crippen molar-refractivity contribution in [3.8, 4) is 0 Å². The number of rotatable bonds is 1. The van der Waals surface area contributed by atoms with Gasteiger partial charge in [0.05, 0.1) is 0 Å². The Kier molecular flexibility index (Phi) is 11.7. The molecule has 0 radical (unpaired) electrons. The molecule has 1 saturated heterocycles. The van der Waals surface area contributed by atoms with E-state index in [4.69, 9.17) is 0 Å². The van der Waals surface area contributed by atoms with E-state index < -0.39 is 0 Å². The number of nitrogens with one attached hydrogen (secondary N) is 1. The first-order valence-electron chi connectivity index (χ1n) is 3.14. The van der Waals surface area contributed by atoms with E-state index in [-0.39, 0.29) is 65.6 Å². The van der Waals surface area contributed by atoms with Gasteiger partial charge in [-0.1, -0.05) is 13.3 Å². The summed E-state index contributed by atoms with van der Waals surface area (Å²) in [6, 6.07) is 0. The average Bonchev–Trinajstić information content (AvgIpc) is 2.14. The predicted octanol–water partition coefficient (Wildman–Crippen LogP) is -1.54. The van der Waals surface area contributed by atoms with Crippen LogP contribution in [0.5, 0.6) is 0 Å². The van der Waals surface area contributed by atoms with Crippen molar-refractivity contribution in [2.24, 2.45) is 5.92 Å². The number of hydrogen-bond acceptors (Lipinski definition) is 1. The summed E-state index contributed by atoms with van der Waals surface area (Å²) in [5, 5.41) is 3.32. The third-order valence-corrected chi connectivity index (χ3v) is 1.74. The Morgan fingerprint density at radius 3 is 2.44 bits per heavy atom. The van der Waals surface area contributed by atoms with E-state index in [1.165, 1.54) is 25.9 Å². The predicted molar refractivity (Wildman–Crippen MR) is 37.7 cm³/mol. The molecule has 1 N–H and O–H groups in total. The molecule has 0 aromatic carbocycles. The van der Waals surface area contributed by atoms with Crippen LogP contribution in [-0.2, 0) is 0 Å². The van der Waals surface area contributed by atoms with Crippen LogP contribution in [0.2, 0.25) is 0 Å². The minimum absolute atomic E-state index is 0. The molecule has 2 heteroatoms. The Balaban J connectivity index is 0. The Hall–Kier alpha value is 1.77. The monoisotopic (exact) mass is 199 g/mol. The van der Waals surface area contributed by atoms with E-state index in [0.717, 1.165) is 5.92 Å². The molecule has 0 spiro atoms. The molecule has 1 atom stereocenters. The van der Waals surface area contributed by atoms with Gasteiger partial charge in [0.2, 0.25) is 0 Å². The SMILES string of the molecule is CCC1CCNC1.[CH3-].[Rb+]. The summed E-state index contributed by atoms with van der Waals surface area (Å²) in [6.45, 7) is 4.77. The normalized spacial score (nSPS) is 24.3. The smallest absolute Gasteiger partial charge is 0.358 e. The molecule has 50 valence electrons. The maximum Gasteiger partial charge on any atom is 1.00 e. The molecule has 1 nitrogen and oxygen atoms in total. The molecule has 0 saturated carbocycles. The van der Waals surface area contributed by atoms with Crippen LogP contribution < -0.4 is 63.5 Å².